The molecule has 0 radical (unpaired) electrons. The Kier molecular flexibility index (Phi) is 3.89. The molecule has 4 aliphatic rings. The summed E-state index contributed by atoms with van der Waals surface area (Å²) in [5.74, 6) is -3.76. The summed E-state index contributed by atoms with van der Waals surface area (Å²) in [5.41, 5.74) is 6.67. The van der Waals surface area contributed by atoms with E-state index in [0.29, 0.717) is 37.9 Å². The van der Waals surface area contributed by atoms with Crippen LogP contribution in [0.2, 0.25) is 0 Å². The maximum absolute atomic E-state index is 13.6. The average Bonchev–Trinajstić information content (AvgIpc) is 2.91. The van der Waals surface area contributed by atoms with Crippen molar-refractivity contribution in [2.24, 2.45) is 11.1 Å². The van der Waals surface area contributed by atoms with Crippen molar-refractivity contribution in [2.45, 2.75) is 62.8 Å². The summed E-state index contributed by atoms with van der Waals surface area (Å²) in [6, 6.07) is 3.79. The molecule has 2 unspecified atom stereocenters. The summed E-state index contributed by atoms with van der Waals surface area (Å²) >= 11 is 0. The number of alkyl halides is 2. The molecule has 1 spiro atoms. The van der Waals surface area contributed by atoms with Crippen LogP contribution in [0, 0.1) is 5.41 Å². The van der Waals surface area contributed by atoms with Crippen LogP contribution in [0.25, 0.3) is 0 Å². The van der Waals surface area contributed by atoms with Crippen LogP contribution in [0.3, 0.4) is 0 Å². The zero-order valence-electron chi connectivity index (χ0n) is 15.7. The predicted octanol–water partition coefficient (Wildman–Crippen LogP) is 0.662. The van der Waals surface area contributed by atoms with Gasteiger partial charge in [0.15, 0.2) is 0 Å². The molecule has 0 bridgehead atoms. The van der Waals surface area contributed by atoms with E-state index >= 15 is 0 Å². The standard InChI is InChI=1S/C20H22F2N4O3/c21-20(22)18(23)19(20)6-12(7-19)24-8-10-2-1-3-11-9-26(17(29)15(10)11)13-4-5-14(27)25-16(13)28/h1-3,12-13,18,24H,4-9,23H2,(H,25,27,28). The van der Waals surface area contributed by atoms with Crippen molar-refractivity contribution < 1.29 is 23.2 Å². The molecule has 5 rings (SSSR count). The van der Waals surface area contributed by atoms with Crippen LogP contribution in [-0.2, 0) is 22.7 Å². The highest BCUT2D eigenvalue weighted by Crippen LogP contribution is 2.69. The Hall–Kier alpha value is -2.39. The lowest BCUT2D eigenvalue weighted by molar-refractivity contribution is -0.136. The Balaban J connectivity index is 1.26. The molecule has 29 heavy (non-hydrogen) atoms. The molecule has 2 saturated carbocycles. The molecule has 2 aliphatic carbocycles. The third-order valence-electron chi connectivity index (χ3n) is 7.01. The largest absolute Gasteiger partial charge is 0.322 e. The van der Waals surface area contributed by atoms with Gasteiger partial charge in [-0.25, -0.2) is 8.78 Å². The molecule has 4 N–H and O–H groups in total. The van der Waals surface area contributed by atoms with Gasteiger partial charge >= 0.3 is 0 Å². The van der Waals surface area contributed by atoms with Gasteiger partial charge in [-0.05, 0) is 30.4 Å². The lowest BCUT2D eigenvalue weighted by atomic mass is 9.75. The highest BCUT2D eigenvalue weighted by molar-refractivity contribution is 6.05. The Morgan fingerprint density at radius 3 is 2.62 bits per heavy atom. The second-order valence-electron chi connectivity index (χ2n) is 8.59. The van der Waals surface area contributed by atoms with Crippen LogP contribution < -0.4 is 16.4 Å². The SMILES string of the molecule is NC1C(F)(F)C12CC(NCc1cccc3c1C(=O)N(C1CCC(=O)NC1=O)C3)C2. The molecule has 1 aromatic carbocycles. The van der Waals surface area contributed by atoms with E-state index in [0.717, 1.165) is 11.1 Å². The zero-order valence-corrected chi connectivity index (χ0v) is 15.7. The van der Waals surface area contributed by atoms with Gasteiger partial charge in [0.1, 0.15) is 6.04 Å². The van der Waals surface area contributed by atoms with Gasteiger partial charge in [-0.3, -0.25) is 19.7 Å². The number of fused-ring (bicyclic) bond motifs is 1. The molecule has 2 aliphatic heterocycles. The third-order valence-corrected chi connectivity index (χ3v) is 7.01. The van der Waals surface area contributed by atoms with Crippen LogP contribution in [0.1, 0.15) is 47.2 Å². The number of benzene rings is 1. The van der Waals surface area contributed by atoms with E-state index in [9.17, 15) is 23.2 Å². The minimum atomic E-state index is -2.77. The van der Waals surface area contributed by atoms with E-state index in [2.05, 4.69) is 10.6 Å². The zero-order chi connectivity index (χ0) is 20.6. The number of hydrogen-bond acceptors (Lipinski definition) is 5. The first-order valence-electron chi connectivity index (χ1n) is 9.87. The summed E-state index contributed by atoms with van der Waals surface area (Å²) in [6.07, 6.45) is 1.21. The van der Waals surface area contributed by atoms with Crippen molar-refractivity contribution >= 4 is 17.7 Å². The number of nitrogens with zero attached hydrogens (tertiary/aromatic N) is 1. The van der Waals surface area contributed by atoms with Gasteiger partial charge in [0, 0.05) is 31.1 Å². The van der Waals surface area contributed by atoms with Crippen molar-refractivity contribution in [2.75, 3.05) is 0 Å². The van der Waals surface area contributed by atoms with Crippen LogP contribution >= 0.6 is 0 Å². The lowest BCUT2D eigenvalue weighted by Crippen LogP contribution is -2.52. The summed E-state index contributed by atoms with van der Waals surface area (Å²) in [6.45, 7) is 0.710. The molecule has 1 aromatic rings. The van der Waals surface area contributed by atoms with E-state index in [1.165, 1.54) is 4.90 Å². The van der Waals surface area contributed by atoms with Gasteiger partial charge < -0.3 is 16.0 Å². The smallest absolute Gasteiger partial charge is 0.270 e. The normalized spacial score (nSPS) is 34.8. The van der Waals surface area contributed by atoms with Gasteiger partial charge in [0.05, 0.1) is 11.5 Å². The van der Waals surface area contributed by atoms with Crippen LogP contribution in [0.5, 0.6) is 0 Å². The monoisotopic (exact) mass is 404 g/mol. The number of carbonyl (C=O) groups excluding carboxylic acids is 3. The highest BCUT2D eigenvalue weighted by atomic mass is 19.3. The van der Waals surface area contributed by atoms with Crippen LogP contribution in [-0.4, -0.2) is 46.7 Å². The Bertz CT molecular complexity index is 928. The predicted molar refractivity (Wildman–Crippen MR) is 97.7 cm³/mol. The summed E-state index contributed by atoms with van der Waals surface area (Å²) in [7, 11) is 0. The molecule has 154 valence electrons. The Morgan fingerprint density at radius 1 is 1.24 bits per heavy atom. The van der Waals surface area contributed by atoms with Gasteiger partial charge in [-0.2, -0.15) is 0 Å². The topological polar surface area (TPSA) is 105 Å². The number of nitrogens with one attached hydrogen (secondary N) is 2. The van der Waals surface area contributed by atoms with Crippen molar-refractivity contribution in [3.05, 3.63) is 34.9 Å². The maximum atomic E-state index is 13.6. The number of amides is 3. The van der Waals surface area contributed by atoms with Crippen molar-refractivity contribution in [1.82, 2.24) is 15.5 Å². The fraction of sp³-hybridized carbons (Fsp3) is 0.550. The summed E-state index contributed by atoms with van der Waals surface area (Å²) < 4.78 is 27.2. The molecule has 1 saturated heterocycles. The Morgan fingerprint density at radius 2 is 1.97 bits per heavy atom. The molecule has 2 atom stereocenters. The minimum absolute atomic E-state index is 0.0481. The number of nitrogens with two attached hydrogens (primary N) is 1. The first kappa shape index (κ1) is 18.6. The molecule has 7 nitrogen and oxygen atoms in total. The quantitative estimate of drug-likeness (QED) is 0.640. The Labute approximate surface area is 166 Å². The van der Waals surface area contributed by atoms with E-state index in [1.54, 1.807) is 0 Å². The van der Waals surface area contributed by atoms with Crippen LogP contribution in [0.15, 0.2) is 18.2 Å². The molecule has 0 aromatic heterocycles. The molecule has 3 fully saturated rings. The molecule has 3 amide bonds. The first-order valence-corrected chi connectivity index (χ1v) is 9.87. The van der Waals surface area contributed by atoms with Gasteiger partial charge in [0.25, 0.3) is 11.8 Å². The minimum Gasteiger partial charge on any atom is -0.322 e. The summed E-state index contributed by atoms with van der Waals surface area (Å²) in [5, 5.41) is 5.56. The fourth-order valence-corrected chi connectivity index (χ4v) is 5.12. The van der Waals surface area contributed by atoms with Crippen molar-refractivity contribution in [3.63, 3.8) is 0 Å². The average molecular weight is 404 g/mol. The van der Waals surface area contributed by atoms with Crippen LogP contribution in [0.4, 0.5) is 8.78 Å². The van der Waals surface area contributed by atoms with Gasteiger partial charge in [0.2, 0.25) is 11.8 Å². The fourth-order valence-electron chi connectivity index (χ4n) is 5.12. The van der Waals surface area contributed by atoms with Crippen molar-refractivity contribution in [1.29, 1.82) is 0 Å². The van der Waals surface area contributed by atoms with Crippen molar-refractivity contribution in [3.8, 4) is 0 Å². The highest BCUT2D eigenvalue weighted by Gasteiger charge is 2.82. The van der Waals surface area contributed by atoms with E-state index in [4.69, 9.17) is 5.73 Å². The van der Waals surface area contributed by atoms with E-state index < -0.39 is 29.3 Å². The van der Waals surface area contributed by atoms with E-state index in [1.807, 2.05) is 18.2 Å². The number of rotatable bonds is 4. The first-order chi connectivity index (χ1) is 13.7. The second-order valence-corrected chi connectivity index (χ2v) is 8.59. The van der Waals surface area contributed by atoms with Gasteiger partial charge in [-0.15, -0.1) is 0 Å². The molecule has 9 heteroatoms. The molecule has 2 heterocycles. The molecular formula is C20H22F2N4O3. The number of carbonyl (C=O) groups is 3. The molecular weight excluding hydrogens is 382 g/mol. The lowest BCUT2D eigenvalue weighted by Gasteiger charge is -2.37. The number of halogens is 2. The maximum Gasteiger partial charge on any atom is 0.270 e. The number of hydrogen-bond donors (Lipinski definition) is 3. The number of imide groups is 1. The summed E-state index contributed by atoms with van der Waals surface area (Å²) in [4.78, 5) is 38.1. The number of piperidine rings is 1. The van der Waals surface area contributed by atoms with E-state index in [-0.39, 0.29) is 24.3 Å². The van der Waals surface area contributed by atoms with Gasteiger partial charge in [-0.1, -0.05) is 18.2 Å². The second kappa shape index (κ2) is 6.06. The third kappa shape index (κ3) is 2.56.